The van der Waals surface area contributed by atoms with Crippen molar-refractivity contribution in [1.82, 2.24) is 0 Å². The van der Waals surface area contributed by atoms with Crippen LogP contribution in [-0.4, -0.2) is 5.78 Å². The number of benzene rings is 3. The first kappa shape index (κ1) is 28.8. The number of allylic oxidation sites excluding steroid dienone is 3. The van der Waals surface area contributed by atoms with E-state index in [0.29, 0.717) is 52.2 Å². The van der Waals surface area contributed by atoms with Gasteiger partial charge < -0.3 is 10.5 Å². The zero-order chi connectivity index (χ0) is 29.6. The fraction of sp³-hybridized carbons (Fsp3) is 0.294. The van der Waals surface area contributed by atoms with Gasteiger partial charge in [-0.05, 0) is 91.3 Å². The van der Waals surface area contributed by atoms with E-state index in [1.54, 1.807) is 12.1 Å². The molecule has 0 radical (unpaired) electrons. The Kier molecular flexibility index (Phi) is 7.68. The summed E-state index contributed by atoms with van der Waals surface area (Å²) in [6.07, 6.45) is 1.02. The average molecular weight is 587 g/mol. The number of carbonyl (C=O) groups is 1. The summed E-state index contributed by atoms with van der Waals surface area (Å²) in [6, 6.07) is 19.4. The topological polar surface area (TPSA) is 79.3 Å². The Bertz CT molecular complexity index is 1660. The van der Waals surface area contributed by atoms with Crippen LogP contribution in [0.4, 0.5) is 5.69 Å². The van der Waals surface area contributed by atoms with E-state index in [1.165, 1.54) is 0 Å². The van der Waals surface area contributed by atoms with E-state index in [0.717, 1.165) is 39.2 Å². The Labute approximate surface area is 251 Å². The lowest BCUT2D eigenvalue weighted by atomic mass is 9.67. The van der Waals surface area contributed by atoms with Gasteiger partial charge in [-0.2, -0.15) is 5.26 Å². The second kappa shape index (κ2) is 10.9. The van der Waals surface area contributed by atoms with Crippen LogP contribution in [0.5, 0.6) is 5.75 Å². The Morgan fingerprint density at radius 1 is 1.05 bits per heavy atom. The van der Waals surface area contributed by atoms with Gasteiger partial charge in [0.2, 0.25) is 0 Å². The number of nitrogens with two attached hydrogens (primary N) is 1. The van der Waals surface area contributed by atoms with Crippen molar-refractivity contribution in [3.8, 4) is 11.8 Å². The molecule has 0 bridgehead atoms. The molecule has 0 aromatic heterocycles. The Morgan fingerprint density at radius 2 is 1.76 bits per heavy atom. The highest BCUT2D eigenvalue weighted by Gasteiger charge is 2.45. The van der Waals surface area contributed by atoms with E-state index in [4.69, 9.17) is 33.7 Å². The van der Waals surface area contributed by atoms with Gasteiger partial charge in [-0.1, -0.05) is 60.8 Å². The van der Waals surface area contributed by atoms with E-state index in [-0.39, 0.29) is 11.2 Å². The molecular weight excluding hydrogens is 553 g/mol. The molecule has 5 rings (SSSR count). The van der Waals surface area contributed by atoms with Crippen LogP contribution in [-0.2, 0) is 11.4 Å². The first-order valence-electron chi connectivity index (χ1n) is 13.6. The molecule has 1 unspecified atom stereocenters. The molecule has 1 atom stereocenters. The molecule has 0 spiro atoms. The monoisotopic (exact) mass is 585 g/mol. The molecule has 0 saturated heterocycles. The fourth-order valence-electron chi connectivity index (χ4n) is 6.04. The normalized spacial score (nSPS) is 18.3. The third kappa shape index (κ3) is 5.35. The molecule has 0 fully saturated rings. The van der Waals surface area contributed by atoms with Crippen molar-refractivity contribution < 1.29 is 9.53 Å². The quantitative estimate of drug-likeness (QED) is 0.325. The number of nitrogens with zero attached hydrogens (tertiary/aromatic N) is 2. The molecule has 210 valence electrons. The number of halogens is 2. The summed E-state index contributed by atoms with van der Waals surface area (Å²) in [5, 5.41) is 11.8. The van der Waals surface area contributed by atoms with Crippen LogP contribution in [0.3, 0.4) is 0 Å². The number of anilines is 1. The third-order valence-electron chi connectivity index (χ3n) is 8.08. The smallest absolute Gasteiger partial charge is 0.162 e. The van der Waals surface area contributed by atoms with Crippen molar-refractivity contribution in [3.05, 3.63) is 115 Å². The summed E-state index contributed by atoms with van der Waals surface area (Å²) in [5.74, 6) is 0.486. The minimum absolute atomic E-state index is 0.0334. The van der Waals surface area contributed by atoms with Crippen molar-refractivity contribution in [2.45, 2.75) is 60.0 Å². The summed E-state index contributed by atoms with van der Waals surface area (Å²) in [7, 11) is 0. The molecule has 1 aliphatic heterocycles. The van der Waals surface area contributed by atoms with Gasteiger partial charge in [0.05, 0.1) is 23.2 Å². The third-order valence-corrected chi connectivity index (χ3v) is 8.74. The van der Waals surface area contributed by atoms with Crippen LogP contribution in [0.2, 0.25) is 10.0 Å². The zero-order valence-electron chi connectivity index (χ0n) is 23.9. The van der Waals surface area contributed by atoms with Crippen LogP contribution in [0.1, 0.15) is 60.4 Å². The second-order valence-electron chi connectivity index (χ2n) is 11.7. The van der Waals surface area contributed by atoms with Gasteiger partial charge in [0.25, 0.3) is 0 Å². The summed E-state index contributed by atoms with van der Waals surface area (Å²) in [6.45, 7) is 10.5. The number of ether oxygens (including phenoxy) is 1. The number of hydrogen-bond donors (Lipinski definition) is 1. The number of aryl methyl sites for hydroxylation is 1. The highest BCUT2D eigenvalue weighted by molar-refractivity contribution is 6.31. The van der Waals surface area contributed by atoms with Crippen LogP contribution in [0.25, 0.3) is 0 Å². The van der Waals surface area contributed by atoms with Gasteiger partial charge in [0, 0.05) is 27.7 Å². The SMILES string of the molecule is Cc1cc(COc2ccc(Cl)cc2)c(C)c(C2C(C#N)=C(N)N(c3cccc(Cl)c3C)C3=C2C(=O)CC(C)(C)C3)c1. The Hall–Kier alpha value is -3.72. The lowest BCUT2D eigenvalue weighted by molar-refractivity contribution is -0.118. The lowest BCUT2D eigenvalue weighted by Gasteiger charge is -2.44. The first-order chi connectivity index (χ1) is 19.4. The van der Waals surface area contributed by atoms with Crippen molar-refractivity contribution in [1.29, 1.82) is 5.26 Å². The molecule has 7 heteroatoms. The predicted molar refractivity (Wildman–Crippen MR) is 165 cm³/mol. The van der Waals surface area contributed by atoms with Gasteiger partial charge in [-0.15, -0.1) is 0 Å². The second-order valence-corrected chi connectivity index (χ2v) is 12.6. The number of carbonyl (C=O) groups excluding carboxylic acids is 1. The standard InChI is InChI=1S/C34H33Cl2N3O2/c1-19-13-22(18-41-24-11-9-23(35)10-12-24)20(2)25(14-19)31-26(17-37)33(38)39(28-8-6-7-27(36)21(28)3)29-15-34(4,5)16-30(40)32(29)31/h6-14,31H,15-16,18,38H2,1-5H3. The highest BCUT2D eigenvalue weighted by atomic mass is 35.5. The van der Waals surface area contributed by atoms with Crippen LogP contribution >= 0.6 is 23.2 Å². The molecule has 1 aliphatic carbocycles. The van der Waals surface area contributed by atoms with Crippen LogP contribution in [0.15, 0.2) is 77.3 Å². The Morgan fingerprint density at radius 3 is 2.44 bits per heavy atom. The van der Waals surface area contributed by atoms with E-state index in [2.05, 4.69) is 32.0 Å². The first-order valence-corrected chi connectivity index (χ1v) is 14.4. The average Bonchev–Trinajstić information content (AvgIpc) is 2.90. The minimum atomic E-state index is -0.580. The van der Waals surface area contributed by atoms with Gasteiger partial charge in [0.1, 0.15) is 18.2 Å². The summed E-state index contributed by atoms with van der Waals surface area (Å²) in [4.78, 5) is 15.9. The molecule has 0 saturated carbocycles. The van der Waals surface area contributed by atoms with E-state index in [1.807, 2.05) is 56.0 Å². The van der Waals surface area contributed by atoms with Crippen LogP contribution in [0, 0.1) is 37.5 Å². The number of rotatable bonds is 5. The largest absolute Gasteiger partial charge is 0.489 e. The summed E-state index contributed by atoms with van der Waals surface area (Å²) < 4.78 is 6.09. The van der Waals surface area contributed by atoms with Gasteiger partial charge in [-0.3, -0.25) is 9.69 Å². The Balaban J connectivity index is 1.69. The molecule has 5 nitrogen and oxygen atoms in total. The van der Waals surface area contributed by atoms with Crippen LogP contribution < -0.4 is 15.4 Å². The maximum Gasteiger partial charge on any atom is 0.162 e. The number of nitriles is 1. The predicted octanol–water partition coefficient (Wildman–Crippen LogP) is 8.44. The molecule has 3 aromatic rings. The van der Waals surface area contributed by atoms with Crippen molar-refractivity contribution in [2.24, 2.45) is 11.1 Å². The molecule has 2 aliphatic rings. The van der Waals surface area contributed by atoms with E-state index < -0.39 is 5.92 Å². The zero-order valence-corrected chi connectivity index (χ0v) is 25.5. The van der Waals surface area contributed by atoms with E-state index >= 15 is 0 Å². The molecule has 41 heavy (non-hydrogen) atoms. The summed E-state index contributed by atoms with van der Waals surface area (Å²) in [5.41, 5.74) is 13.9. The fourth-order valence-corrected chi connectivity index (χ4v) is 6.33. The molecular formula is C34H33Cl2N3O2. The maximum atomic E-state index is 14.0. The molecule has 1 heterocycles. The molecule has 3 aromatic carbocycles. The van der Waals surface area contributed by atoms with Crippen molar-refractivity contribution in [3.63, 3.8) is 0 Å². The molecule has 0 amide bonds. The lowest BCUT2D eigenvalue weighted by Crippen LogP contribution is -2.42. The van der Waals surface area contributed by atoms with E-state index in [9.17, 15) is 10.1 Å². The number of Topliss-reactive ketones (excluding diaryl/α,β-unsaturated/α-hetero) is 1. The van der Waals surface area contributed by atoms with Crippen molar-refractivity contribution in [2.75, 3.05) is 4.90 Å². The van der Waals surface area contributed by atoms with Gasteiger partial charge in [-0.25, -0.2) is 0 Å². The maximum absolute atomic E-state index is 14.0. The number of ketones is 1. The minimum Gasteiger partial charge on any atom is -0.489 e. The van der Waals surface area contributed by atoms with Crippen molar-refractivity contribution >= 4 is 34.7 Å². The number of hydrogen-bond acceptors (Lipinski definition) is 5. The summed E-state index contributed by atoms with van der Waals surface area (Å²) >= 11 is 12.6. The highest BCUT2D eigenvalue weighted by Crippen LogP contribution is 2.51. The van der Waals surface area contributed by atoms with Gasteiger partial charge in [0.15, 0.2) is 5.78 Å². The molecule has 2 N–H and O–H groups in total. The van der Waals surface area contributed by atoms with Gasteiger partial charge >= 0.3 is 0 Å².